The molecule has 0 atom stereocenters. The topological polar surface area (TPSA) is 124 Å². The van der Waals surface area contributed by atoms with Crippen LogP contribution < -0.4 is 15.4 Å². The summed E-state index contributed by atoms with van der Waals surface area (Å²) in [6.07, 6.45) is 4.28. The Labute approximate surface area is 148 Å². The van der Waals surface area contributed by atoms with Crippen molar-refractivity contribution in [2.24, 2.45) is 0 Å². The SMILES string of the molecule is COc1ccc([N+](=O)[O-])cc1NC(=O)CCNC(=O)/C=C/c1ccco1. The standard InChI is InChI=1S/C17H17N3O6/c1-25-15-6-4-12(20(23)24)11-14(15)19-17(22)8-9-18-16(21)7-5-13-3-2-10-26-13/h2-7,10-11H,8-9H2,1H3,(H,18,21)(H,19,22)/b7-5+. The molecule has 2 N–H and O–H groups in total. The number of carbonyl (C=O) groups is 2. The smallest absolute Gasteiger partial charge is 0.271 e. The third-order valence-corrected chi connectivity index (χ3v) is 3.26. The summed E-state index contributed by atoms with van der Waals surface area (Å²) in [5.41, 5.74) is 0.0215. The third-order valence-electron chi connectivity index (χ3n) is 3.26. The number of non-ortho nitro benzene ring substituents is 1. The zero-order valence-electron chi connectivity index (χ0n) is 13.9. The summed E-state index contributed by atoms with van der Waals surface area (Å²) in [4.78, 5) is 33.9. The van der Waals surface area contributed by atoms with Gasteiger partial charge in [-0.1, -0.05) is 0 Å². The molecule has 0 fully saturated rings. The second-order valence-electron chi connectivity index (χ2n) is 5.08. The number of amides is 2. The summed E-state index contributed by atoms with van der Waals surface area (Å²) in [7, 11) is 1.39. The molecule has 136 valence electrons. The van der Waals surface area contributed by atoms with Crippen LogP contribution in [-0.2, 0) is 9.59 Å². The first kappa shape index (κ1) is 18.7. The molecule has 2 aromatic rings. The Bertz CT molecular complexity index is 814. The van der Waals surface area contributed by atoms with E-state index in [9.17, 15) is 19.7 Å². The maximum Gasteiger partial charge on any atom is 0.271 e. The lowest BCUT2D eigenvalue weighted by molar-refractivity contribution is -0.384. The molecule has 0 radical (unpaired) electrons. The van der Waals surface area contributed by atoms with Crippen LogP contribution in [0.15, 0.2) is 47.1 Å². The minimum Gasteiger partial charge on any atom is -0.495 e. The summed E-state index contributed by atoms with van der Waals surface area (Å²) < 4.78 is 10.1. The first-order valence-electron chi connectivity index (χ1n) is 7.61. The summed E-state index contributed by atoms with van der Waals surface area (Å²) in [6, 6.07) is 7.28. The number of carbonyl (C=O) groups excluding carboxylic acids is 2. The Morgan fingerprint density at radius 3 is 2.81 bits per heavy atom. The first-order chi connectivity index (χ1) is 12.5. The fourth-order valence-electron chi connectivity index (χ4n) is 2.02. The molecule has 1 heterocycles. The number of rotatable bonds is 8. The van der Waals surface area contributed by atoms with Crippen LogP contribution >= 0.6 is 0 Å². The molecule has 2 rings (SSSR count). The monoisotopic (exact) mass is 359 g/mol. The van der Waals surface area contributed by atoms with Crippen molar-refractivity contribution in [3.8, 4) is 5.75 Å². The van der Waals surface area contributed by atoms with Crippen LogP contribution in [0, 0.1) is 10.1 Å². The molecule has 9 nitrogen and oxygen atoms in total. The number of hydrogen-bond donors (Lipinski definition) is 2. The summed E-state index contributed by atoms with van der Waals surface area (Å²) in [5, 5.41) is 15.9. The van der Waals surface area contributed by atoms with Gasteiger partial charge in [-0.05, 0) is 24.3 Å². The van der Waals surface area contributed by atoms with Gasteiger partial charge in [-0.3, -0.25) is 19.7 Å². The highest BCUT2D eigenvalue weighted by atomic mass is 16.6. The van der Waals surface area contributed by atoms with E-state index in [1.165, 1.54) is 43.7 Å². The summed E-state index contributed by atoms with van der Waals surface area (Å²) in [5.74, 6) is 0.0475. The Hall–Kier alpha value is -3.62. The molecular formula is C17H17N3O6. The maximum atomic E-state index is 12.0. The molecule has 26 heavy (non-hydrogen) atoms. The summed E-state index contributed by atoms with van der Waals surface area (Å²) in [6.45, 7) is 0.102. The molecule has 0 aliphatic carbocycles. The van der Waals surface area contributed by atoms with E-state index in [0.717, 1.165) is 0 Å². The van der Waals surface area contributed by atoms with E-state index in [-0.39, 0.29) is 30.2 Å². The number of nitrogens with zero attached hydrogens (tertiary/aromatic N) is 1. The molecular weight excluding hydrogens is 342 g/mol. The van der Waals surface area contributed by atoms with E-state index < -0.39 is 10.8 Å². The number of hydrogen-bond acceptors (Lipinski definition) is 6. The molecule has 0 bridgehead atoms. The van der Waals surface area contributed by atoms with Gasteiger partial charge in [-0.25, -0.2) is 0 Å². The quantitative estimate of drug-likeness (QED) is 0.423. The Balaban J connectivity index is 1.84. The second kappa shape index (κ2) is 9.02. The molecule has 0 saturated heterocycles. The lowest BCUT2D eigenvalue weighted by atomic mass is 10.2. The molecule has 0 spiro atoms. The van der Waals surface area contributed by atoms with Crippen molar-refractivity contribution in [1.82, 2.24) is 5.32 Å². The number of nitrogens with one attached hydrogen (secondary N) is 2. The van der Waals surface area contributed by atoms with Gasteiger partial charge in [0.1, 0.15) is 11.5 Å². The van der Waals surface area contributed by atoms with Gasteiger partial charge in [0, 0.05) is 31.2 Å². The fourth-order valence-corrected chi connectivity index (χ4v) is 2.02. The van der Waals surface area contributed by atoms with Crippen LogP contribution in [0.5, 0.6) is 5.75 Å². The van der Waals surface area contributed by atoms with Crippen molar-refractivity contribution in [1.29, 1.82) is 0 Å². The van der Waals surface area contributed by atoms with E-state index in [2.05, 4.69) is 10.6 Å². The number of methoxy groups -OCH3 is 1. The van der Waals surface area contributed by atoms with Crippen LogP contribution in [0.4, 0.5) is 11.4 Å². The minimum atomic E-state index is -0.569. The largest absolute Gasteiger partial charge is 0.495 e. The van der Waals surface area contributed by atoms with Crippen LogP contribution in [-0.4, -0.2) is 30.4 Å². The Morgan fingerprint density at radius 1 is 1.35 bits per heavy atom. The maximum absolute atomic E-state index is 12.0. The predicted molar refractivity (Wildman–Crippen MR) is 93.6 cm³/mol. The number of ether oxygens (including phenoxy) is 1. The predicted octanol–water partition coefficient (Wildman–Crippen LogP) is 2.35. The number of anilines is 1. The molecule has 9 heteroatoms. The third kappa shape index (κ3) is 5.48. The van der Waals surface area contributed by atoms with Crippen LogP contribution in [0.25, 0.3) is 6.08 Å². The van der Waals surface area contributed by atoms with E-state index in [4.69, 9.17) is 9.15 Å². The van der Waals surface area contributed by atoms with Crippen LogP contribution in [0.2, 0.25) is 0 Å². The van der Waals surface area contributed by atoms with Crippen molar-refractivity contribution in [3.63, 3.8) is 0 Å². The fraction of sp³-hybridized carbons (Fsp3) is 0.176. The van der Waals surface area contributed by atoms with Gasteiger partial charge in [-0.2, -0.15) is 0 Å². The van der Waals surface area contributed by atoms with Gasteiger partial charge >= 0.3 is 0 Å². The number of furan rings is 1. The number of nitro groups is 1. The zero-order valence-corrected chi connectivity index (χ0v) is 13.9. The highest BCUT2D eigenvalue weighted by molar-refractivity contribution is 5.94. The Morgan fingerprint density at radius 2 is 2.15 bits per heavy atom. The van der Waals surface area contributed by atoms with Crippen molar-refractivity contribution in [2.45, 2.75) is 6.42 Å². The van der Waals surface area contributed by atoms with Gasteiger partial charge in [0.25, 0.3) is 5.69 Å². The van der Waals surface area contributed by atoms with E-state index in [1.807, 2.05) is 0 Å². The van der Waals surface area contributed by atoms with Gasteiger partial charge in [-0.15, -0.1) is 0 Å². The van der Waals surface area contributed by atoms with E-state index in [0.29, 0.717) is 11.5 Å². The average Bonchev–Trinajstić information content (AvgIpc) is 3.13. The summed E-state index contributed by atoms with van der Waals surface area (Å²) >= 11 is 0. The Kier molecular flexibility index (Phi) is 6.49. The lowest BCUT2D eigenvalue weighted by Crippen LogP contribution is -2.26. The molecule has 0 saturated carbocycles. The normalized spacial score (nSPS) is 10.5. The van der Waals surface area contributed by atoms with Crippen molar-refractivity contribution in [3.05, 3.63) is 58.5 Å². The van der Waals surface area contributed by atoms with Gasteiger partial charge in [0.2, 0.25) is 11.8 Å². The van der Waals surface area contributed by atoms with Gasteiger partial charge < -0.3 is 19.8 Å². The van der Waals surface area contributed by atoms with Gasteiger partial charge in [0.05, 0.1) is 24.0 Å². The average molecular weight is 359 g/mol. The highest BCUT2D eigenvalue weighted by Gasteiger charge is 2.13. The molecule has 0 aliphatic heterocycles. The molecule has 0 aliphatic rings. The minimum absolute atomic E-state index is 0.00776. The number of benzene rings is 1. The van der Waals surface area contributed by atoms with E-state index in [1.54, 1.807) is 12.1 Å². The number of nitro benzene ring substituents is 1. The molecule has 1 aromatic carbocycles. The van der Waals surface area contributed by atoms with Crippen molar-refractivity contribution >= 4 is 29.3 Å². The molecule has 2 amide bonds. The molecule has 1 aromatic heterocycles. The zero-order chi connectivity index (χ0) is 18.9. The van der Waals surface area contributed by atoms with Crippen LogP contribution in [0.3, 0.4) is 0 Å². The second-order valence-corrected chi connectivity index (χ2v) is 5.08. The van der Waals surface area contributed by atoms with Gasteiger partial charge in [0.15, 0.2) is 0 Å². The van der Waals surface area contributed by atoms with Crippen molar-refractivity contribution in [2.75, 3.05) is 19.0 Å². The van der Waals surface area contributed by atoms with Crippen LogP contribution in [0.1, 0.15) is 12.2 Å². The molecule has 0 unspecified atom stereocenters. The van der Waals surface area contributed by atoms with E-state index >= 15 is 0 Å². The first-order valence-corrected chi connectivity index (χ1v) is 7.61. The lowest BCUT2D eigenvalue weighted by Gasteiger charge is -2.10. The van der Waals surface area contributed by atoms with Crippen molar-refractivity contribution < 1.29 is 23.7 Å². The highest BCUT2D eigenvalue weighted by Crippen LogP contribution is 2.28.